The van der Waals surface area contributed by atoms with Crippen molar-refractivity contribution in [2.45, 2.75) is 0 Å². The zero-order chi connectivity index (χ0) is 23.6. The molecule has 0 spiro atoms. The largest absolute Gasteiger partial charge is 0.297 e. The molecule has 168 valence electrons. The summed E-state index contributed by atoms with van der Waals surface area (Å²) in [7, 11) is 0. The van der Waals surface area contributed by atoms with E-state index in [0.717, 1.165) is 31.1 Å². The second-order valence-electron chi connectivity index (χ2n) is 6.10. The molecule has 11 heteroatoms. The van der Waals surface area contributed by atoms with Crippen molar-refractivity contribution < 1.29 is 4.79 Å². The van der Waals surface area contributed by atoms with Crippen molar-refractivity contribution >= 4 is 74.3 Å². The molecule has 6 aromatic heterocycles. The predicted octanol–water partition coefficient (Wildman–Crippen LogP) is 8.30. The quantitative estimate of drug-likeness (QED) is 0.205. The Bertz CT molecular complexity index is 1390. The second kappa shape index (κ2) is 12.6. The summed E-state index contributed by atoms with van der Waals surface area (Å²) in [5, 5.41) is 19.6. The third kappa shape index (κ3) is 6.60. The highest BCUT2D eigenvalue weighted by atomic mass is 32.1. The molecule has 0 saturated heterocycles. The highest BCUT2D eigenvalue weighted by molar-refractivity contribution is 7.22. The molecule has 0 fully saturated rings. The minimum absolute atomic E-state index is 0.665. The number of thiazole rings is 3. The van der Waals surface area contributed by atoms with Gasteiger partial charge in [-0.3, -0.25) is 4.79 Å². The smallest absolute Gasteiger partial charge is 0.161 e. The lowest BCUT2D eigenvalue weighted by Crippen LogP contribution is -1.64. The van der Waals surface area contributed by atoms with Gasteiger partial charge >= 0.3 is 0 Å². The van der Waals surface area contributed by atoms with Crippen molar-refractivity contribution in [2.24, 2.45) is 0 Å². The van der Waals surface area contributed by atoms with Crippen molar-refractivity contribution in [2.75, 3.05) is 0 Å². The summed E-state index contributed by atoms with van der Waals surface area (Å²) < 4.78 is 0. The van der Waals surface area contributed by atoms with Crippen LogP contribution in [0.2, 0.25) is 0 Å². The highest BCUT2D eigenvalue weighted by Crippen LogP contribution is 2.29. The van der Waals surface area contributed by atoms with E-state index in [1.54, 1.807) is 57.7 Å². The van der Waals surface area contributed by atoms with Gasteiger partial charge < -0.3 is 0 Å². The van der Waals surface area contributed by atoms with E-state index in [1.165, 1.54) is 27.6 Å². The van der Waals surface area contributed by atoms with Gasteiger partial charge in [0, 0.05) is 17.8 Å². The lowest BCUT2D eigenvalue weighted by atomic mass is 10.5. The highest BCUT2D eigenvalue weighted by Gasteiger charge is 2.04. The molecule has 0 bridgehead atoms. The Morgan fingerprint density at radius 2 is 1.29 bits per heavy atom. The summed E-state index contributed by atoms with van der Waals surface area (Å²) in [4.78, 5) is 27.7. The SMILES string of the molecule is N#Cc1cnc(-c2cccs2)s1.O=Cc1cnc(-c2cccs2)s1.c1csc(-c2nccs2)c1. The first-order valence-electron chi connectivity index (χ1n) is 9.55. The Balaban J connectivity index is 0.000000121. The lowest BCUT2D eigenvalue weighted by molar-refractivity contribution is 0.112. The van der Waals surface area contributed by atoms with Gasteiger partial charge in [0.2, 0.25) is 0 Å². The number of hydrogen-bond donors (Lipinski definition) is 0. The maximum atomic E-state index is 10.4. The molecule has 34 heavy (non-hydrogen) atoms. The number of carbonyl (C=O) groups is 1. The molecule has 0 aliphatic rings. The molecule has 0 atom stereocenters. The zero-order valence-electron chi connectivity index (χ0n) is 17.2. The van der Waals surface area contributed by atoms with Crippen LogP contribution in [0.1, 0.15) is 14.5 Å². The molecule has 0 saturated carbocycles. The number of nitrogens with zero attached hydrogens (tertiary/aromatic N) is 4. The topological polar surface area (TPSA) is 79.5 Å². The first-order chi connectivity index (χ1) is 16.8. The molecule has 6 heterocycles. The molecule has 0 aromatic carbocycles. The molecule has 0 amide bonds. The maximum absolute atomic E-state index is 10.4. The number of carbonyl (C=O) groups excluding carboxylic acids is 1. The number of nitriles is 1. The molecular weight excluding hydrogens is 541 g/mol. The molecule has 0 unspecified atom stereocenters. The molecule has 5 nitrogen and oxygen atoms in total. The Kier molecular flexibility index (Phi) is 8.97. The number of aldehydes is 1. The Hall–Kier alpha value is -2.85. The lowest BCUT2D eigenvalue weighted by Gasteiger charge is -1.83. The summed E-state index contributed by atoms with van der Waals surface area (Å²) in [5.41, 5.74) is 0. The van der Waals surface area contributed by atoms with Gasteiger partial charge in [0.05, 0.1) is 25.7 Å². The van der Waals surface area contributed by atoms with Crippen LogP contribution in [0.15, 0.2) is 76.5 Å². The van der Waals surface area contributed by atoms with Crippen molar-refractivity contribution in [3.63, 3.8) is 0 Å². The van der Waals surface area contributed by atoms with Gasteiger partial charge in [0.25, 0.3) is 0 Å². The van der Waals surface area contributed by atoms with Gasteiger partial charge in [-0.15, -0.1) is 68.0 Å². The Labute approximate surface area is 220 Å². The van der Waals surface area contributed by atoms with Gasteiger partial charge in [-0.25, -0.2) is 15.0 Å². The third-order valence-electron chi connectivity index (χ3n) is 3.88. The first kappa shape index (κ1) is 24.3. The van der Waals surface area contributed by atoms with Crippen LogP contribution in [0, 0.1) is 11.3 Å². The Morgan fingerprint density at radius 1 is 0.706 bits per heavy atom. The van der Waals surface area contributed by atoms with Crippen molar-refractivity contribution in [1.82, 2.24) is 15.0 Å². The number of aromatic nitrogens is 3. The summed E-state index contributed by atoms with van der Waals surface area (Å²) in [6.45, 7) is 0. The van der Waals surface area contributed by atoms with E-state index >= 15 is 0 Å². The normalized spacial score (nSPS) is 9.85. The van der Waals surface area contributed by atoms with E-state index in [9.17, 15) is 4.79 Å². The van der Waals surface area contributed by atoms with E-state index in [2.05, 4.69) is 32.5 Å². The molecule has 6 aromatic rings. The first-order valence-corrected chi connectivity index (χ1v) is 14.7. The van der Waals surface area contributed by atoms with E-state index < -0.39 is 0 Å². The van der Waals surface area contributed by atoms with E-state index in [0.29, 0.717) is 9.75 Å². The summed E-state index contributed by atoms with van der Waals surface area (Å²) in [5.74, 6) is 0. The van der Waals surface area contributed by atoms with Crippen molar-refractivity contribution in [1.29, 1.82) is 5.26 Å². The van der Waals surface area contributed by atoms with E-state index in [1.807, 2.05) is 52.7 Å². The summed E-state index contributed by atoms with van der Waals surface area (Å²) in [6.07, 6.45) is 5.88. The average molecular weight is 555 g/mol. The predicted molar refractivity (Wildman–Crippen MR) is 146 cm³/mol. The molecule has 0 N–H and O–H groups in total. The minimum Gasteiger partial charge on any atom is -0.297 e. The van der Waals surface area contributed by atoms with Crippen LogP contribution in [0.5, 0.6) is 0 Å². The van der Waals surface area contributed by atoms with Crippen LogP contribution in [0.4, 0.5) is 0 Å². The van der Waals surface area contributed by atoms with E-state index in [4.69, 9.17) is 5.26 Å². The maximum Gasteiger partial charge on any atom is 0.161 e. The fourth-order valence-electron chi connectivity index (χ4n) is 2.44. The van der Waals surface area contributed by atoms with Gasteiger partial charge in [-0.1, -0.05) is 18.2 Å². The van der Waals surface area contributed by atoms with Crippen LogP contribution < -0.4 is 0 Å². The molecule has 0 radical (unpaired) electrons. The van der Waals surface area contributed by atoms with Crippen molar-refractivity contribution in [3.8, 4) is 35.7 Å². The molecule has 0 aliphatic heterocycles. The van der Waals surface area contributed by atoms with Crippen molar-refractivity contribution in [3.05, 3.63) is 86.3 Å². The van der Waals surface area contributed by atoms with Crippen LogP contribution in [-0.2, 0) is 0 Å². The van der Waals surface area contributed by atoms with Gasteiger partial charge in [0.15, 0.2) is 6.29 Å². The average Bonchev–Trinajstić information content (AvgIpc) is 3.72. The van der Waals surface area contributed by atoms with E-state index in [-0.39, 0.29) is 0 Å². The summed E-state index contributed by atoms with van der Waals surface area (Å²) in [6, 6.07) is 14.2. The van der Waals surface area contributed by atoms with Gasteiger partial charge in [0.1, 0.15) is 26.0 Å². The number of thiophene rings is 3. The molecule has 6 rings (SSSR count). The molecular formula is C23H14N4OS6. The Morgan fingerprint density at radius 3 is 1.74 bits per heavy atom. The second-order valence-corrected chi connectivity index (χ2v) is 11.9. The summed E-state index contributed by atoms with van der Waals surface area (Å²) >= 11 is 9.53. The third-order valence-corrected chi connectivity index (χ3v) is 9.60. The fraction of sp³-hybridized carbons (Fsp3) is 0. The zero-order valence-corrected chi connectivity index (χ0v) is 22.1. The number of rotatable bonds is 4. The van der Waals surface area contributed by atoms with Gasteiger partial charge in [-0.05, 0) is 34.3 Å². The van der Waals surface area contributed by atoms with Crippen LogP contribution in [0.3, 0.4) is 0 Å². The number of hydrogen-bond acceptors (Lipinski definition) is 11. The monoisotopic (exact) mass is 554 g/mol. The standard InChI is InChI=1S/C8H4N2S2.C8H5NOS2.C7H5NS2/c9-4-6-5-10-8(12-6)7-2-1-3-11-7;10-5-6-4-9-8(12-6)7-2-1-3-11-7;1-2-6(9-4-1)7-8-3-5-10-7/h1-3,5H;1-5H;1-5H. The minimum atomic E-state index is 0.665. The van der Waals surface area contributed by atoms with Crippen LogP contribution in [0.25, 0.3) is 29.7 Å². The van der Waals surface area contributed by atoms with Gasteiger partial charge in [-0.2, -0.15) is 5.26 Å². The van der Waals surface area contributed by atoms with Crippen LogP contribution >= 0.6 is 68.0 Å². The van der Waals surface area contributed by atoms with Crippen LogP contribution in [-0.4, -0.2) is 21.2 Å². The fourth-order valence-corrected chi connectivity index (χ4v) is 6.95. The molecule has 0 aliphatic carbocycles.